The van der Waals surface area contributed by atoms with Gasteiger partial charge in [-0.25, -0.2) is 8.78 Å². The van der Waals surface area contributed by atoms with Crippen LogP contribution in [0.2, 0.25) is 0 Å². The SMILES string of the molecule is C=C(F)C(C)(F)N1CC(C(F)(F)F)CC(C(F)(F)F)C1. The van der Waals surface area contributed by atoms with Gasteiger partial charge in [-0.05, 0) is 13.3 Å². The van der Waals surface area contributed by atoms with Gasteiger partial charge >= 0.3 is 12.4 Å². The zero-order valence-electron chi connectivity index (χ0n) is 10.5. The van der Waals surface area contributed by atoms with E-state index in [0.717, 1.165) is 0 Å². The highest BCUT2D eigenvalue weighted by Crippen LogP contribution is 2.44. The van der Waals surface area contributed by atoms with Crippen molar-refractivity contribution in [3.8, 4) is 0 Å². The second kappa shape index (κ2) is 5.16. The Morgan fingerprint density at radius 2 is 1.30 bits per heavy atom. The van der Waals surface area contributed by atoms with Gasteiger partial charge in [0.05, 0.1) is 11.8 Å². The molecule has 1 nitrogen and oxygen atoms in total. The van der Waals surface area contributed by atoms with E-state index in [-0.39, 0.29) is 4.90 Å². The highest BCUT2D eigenvalue weighted by Gasteiger charge is 2.54. The minimum Gasteiger partial charge on any atom is -0.265 e. The minimum atomic E-state index is -4.91. The summed E-state index contributed by atoms with van der Waals surface area (Å²) in [6.45, 7) is 1.12. The topological polar surface area (TPSA) is 3.24 Å². The van der Waals surface area contributed by atoms with E-state index < -0.39 is 55.3 Å². The van der Waals surface area contributed by atoms with E-state index in [9.17, 15) is 35.1 Å². The molecule has 0 aromatic rings. The molecule has 3 unspecified atom stereocenters. The number of piperidine rings is 1. The number of halogens is 8. The molecule has 0 saturated carbocycles. The molecule has 9 heteroatoms. The molecule has 0 aromatic carbocycles. The predicted octanol–water partition coefficient (Wildman–Crippen LogP) is 4.22. The maximum Gasteiger partial charge on any atom is 0.393 e. The number of hydrogen-bond acceptors (Lipinski definition) is 1. The van der Waals surface area contributed by atoms with Crippen LogP contribution in [0, 0.1) is 11.8 Å². The van der Waals surface area contributed by atoms with Gasteiger partial charge in [-0.1, -0.05) is 6.58 Å². The molecule has 20 heavy (non-hydrogen) atoms. The molecule has 3 atom stereocenters. The largest absolute Gasteiger partial charge is 0.393 e. The van der Waals surface area contributed by atoms with Gasteiger partial charge in [-0.3, -0.25) is 4.90 Å². The lowest BCUT2D eigenvalue weighted by molar-refractivity contribution is -0.242. The number of likely N-dealkylation sites (tertiary alicyclic amines) is 1. The standard InChI is InChI=1S/C11H13F8N/c1-6(12)9(2,13)20-4-7(10(14,15)16)3-8(5-20)11(17,18)19/h7-8H,1,3-5H2,2H3. The Kier molecular flexibility index (Phi) is 4.43. The molecule has 0 N–H and O–H groups in total. The molecule has 118 valence electrons. The van der Waals surface area contributed by atoms with E-state index in [4.69, 9.17) is 0 Å². The van der Waals surface area contributed by atoms with Gasteiger partial charge in [-0.15, -0.1) is 0 Å². The summed E-state index contributed by atoms with van der Waals surface area (Å²) in [6.07, 6.45) is -11.0. The molecule has 1 aliphatic heterocycles. The maximum atomic E-state index is 13.9. The van der Waals surface area contributed by atoms with Crippen LogP contribution in [0.25, 0.3) is 0 Å². The molecule has 1 aliphatic rings. The lowest BCUT2D eigenvalue weighted by Crippen LogP contribution is -2.56. The Labute approximate surface area is 110 Å². The zero-order chi connectivity index (χ0) is 15.9. The van der Waals surface area contributed by atoms with Crippen molar-refractivity contribution in [3.63, 3.8) is 0 Å². The Hall–Kier alpha value is -0.860. The first kappa shape index (κ1) is 17.2. The normalized spacial score (nSPS) is 29.1. The average Bonchev–Trinajstić information content (AvgIpc) is 2.25. The Morgan fingerprint density at radius 3 is 1.55 bits per heavy atom. The van der Waals surface area contributed by atoms with Crippen molar-refractivity contribution in [1.29, 1.82) is 0 Å². The van der Waals surface area contributed by atoms with E-state index in [0.29, 0.717) is 6.92 Å². The minimum absolute atomic E-state index is 0.204. The fourth-order valence-corrected chi connectivity index (χ4v) is 2.09. The maximum absolute atomic E-state index is 13.9. The molecule has 1 saturated heterocycles. The van der Waals surface area contributed by atoms with Crippen molar-refractivity contribution >= 4 is 0 Å². The summed E-state index contributed by atoms with van der Waals surface area (Å²) in [7, 11) is 0. The molecule has 0 spiro atoms. The third kappa shape index (κ3) is 3.62. The fraction of sp³-hybridized carbons (Fsp3) is 0.818. The smallest absolute Gasteiger partial charge is 0.265 e. The predicted molar refractivity (Wildman–Crippen MR) is 55.0 cm³/mol. The first-order valence-corrected chi connectivity index (χ1v) is 5.68. The van der Waals surface area contributed by atoms with Crippen LogP contribution in [-0.4, -0.2) is 36.1 Å². The van der Waals surface area contributed by atoms with Gasteiger partial charge in [0, 0.05) is 13.1 Å². The van der Waals surface area contributed by atoms with Crippen LogP contribution in [-0.2, 0) is 0 Å². The lowest BCUT2D eigenvalue weighted by Gasteiger charge is -2.43. The number of nitrogens with zero attached hydrogens (tertiary/aromatic N) is 1. The van der Waals surface area contributed by atoms with Gasteiger partial charge in [-0.2, -0.15) is 26.3 Å². The summed E-state index contributed by atoms with van der Waals surface area (Å²) >= 11 is 0. The monoisotopic (exact) mass is 311 g/mol. The number of rotatable bonds is 2. The summed E-state index contributed by atoms with van der Waals surface area (Å²) in [5.74, 6) is -9.41. The summed E-state index contributed by atoms with van der Waals surface area (Å²) < 4.78 is 103. The van der Waals surface area contributed by atoms with Crippen molar-refractivity contribution in [2.45, 2.75) is 31.5 Å². The van der Waals surface area contributed by atoms with Crippen LogP contribution in [0.1, 0.15) is 13.3 Å². The van der Waals surface area contributed by atoms with Crippen LogP contribution in [0.15, 0.2) is 12.4 Å². The molecule has 1 fully saturated rings. The molecule has 0 aromatic heterocycles. The first-order valence-electron chi connectivity index (χ1n) is 5.68. The Bertz CT molecular complexity index is 348. The summed E-state index contributed by atoms with van der Waals surface area (Å²) in [6, 6.07) is 0. The van der Waals surface area contributed by atoms with Crippen molar-refractivity contribution in [2.75, 3.05) is 13.1 Å². The molecule has 0 radical (unpaired) electrons. The molecule has 0 amide bonds. The lowest BCUT2D eigenvalue weighted by atomic mass is 9.87. The third-order valence-corrected chi connectivity index (χ3v) is 3.47. The van der Waals surface area contributed by atoms with Crippen LogP contribution in [0.3, 0.4) is 0 Å². The van der Waals surface area contributed by atoms with E-state index in [1.807, 2.05) is 0 Å². The van der Waals surface area contributed by atoms with Crippen LogP contribution >= 0.6 is 0 Å². The zero-order valence-corrected chi connectivity index (χ0v) is 10.5. The third-order valence-electron chi connectivity index (χ3n) is 3.47. The molecule has 1 rings (SSSR count). The fourth-order valence-electron chi connectivity index (χ4n) is 2.09. The van der Waals surface area contributed by atoms with Crippen molar-refractivity contribution in [1.82, 2.24) is 4.90 Å². The van der Waals surface area contributed by atoms with Crippen LogP contribution < -0.4 is 0 Å². The highest BCUT2D eigenvalue weighted by atomic mass is 19.4. The first-order chi connectivity index (χ1) is 8.76. The number of alkyl halides is 7. The summed E-state index contributed by atoms with van der Waals surface area (Å²) in [5.41, 5.74) is 0. The Morgan fingerprint density at radius 1 is 0.950 bits per heavy atom. The van der Waals surface area contributed by atoms with Gasteiger partial charge in [0.2, 0.25) is 5.79 Å². The van der Waals surface area contributed by atoms with Crippen molar-refractivity contribution in [3.05, 3.63) is 12.4 Å². The van der Waals surface area contributed by atoms with Crippen molar-refractivity contribution in [2.24, 2.45) is 11.8 Å². The van der Waals surface area contributed by atoms with Crippen molar-refractivity contribution < 1.29 is 35.1 Å². The van der Waals surface area contributed by atoms with Gasteiger partial charge in [0.15, 0.2) is 0 Å². The summed E-state index contributed by atoms with van der Waals surface area (Å²) in [4.78, 5) is 0.204. The molecular weight excluding hydrogens is 298 g/mol. The van der Waals surface area contributed by atoms with Crippen LogP contribution in [0.4, 0.5) is 35.1 Å². The van der Waals surface area contributed by atoms with E-state index in [1.165, 1.54) is 0 Å². The van der Waals surface area contributed by atoms with Gasteiger partial charge < -0.3 is 0 Å². The molecule has 0 bridgehead atoms. The molecule has 0 aliphatic carbocycles. The Balaban J connectivity index is 3.06. The second-order valence-corrected chi connectivity index (χ2v) is 4.98. The van der Waals surface area contributed by atoms with E-state index in [1.54, 1.807) is 0 Å². The highest BCUT2D eigenvalue weighted by molar-refractivity contribution is 5.04. The molecular formula is C11H13F8N. The average molecular weight is 311 g/mol. The van der Waals surface area contributed by atoms with E-state index in [2.05, 4.69) is 6.58 Å². The van der Waals surface area contributed by atoms with E-state index >= 15 is 0 Å². The molecule has 1 heterocycles. The van der Waals surface area contributed by atoms with Gasteiger partial charge in [0.25, 0.3) is 0 Å². The van der Waals surface area contributed by atoms with Gasteiger partial charge in [0.1, 0.15) is 5.83 Å². The second-order valence-electron chi connectivity index (χ2n) is 4.98. The quantitative estimate of drug-likeness (QED) is 0.545. The number of hydrogen-bond donors (Lipinski definition) is 0. The summed E-state index contributed by atoms with van der Waals surface area (Å²) in [5, 5.41) is 0. The van der Waals surface area contributed by atoms with Crippen LogP contribution in [0.5, 0.6) is 0 Å².